The number of methoxy groups -OCH3 is 1. The first kappa shape index (κ1) is 20.9. The Hall–Kier alpha value is -3.81. The van der Waals surface area contributed by atoms with Crippen LogP contribution in [0.15, 0.2) is 54.7 Å². The number of hydrazine groups is 1. The molecule has 8 heteroatoms. The first-order valence-corrected chi connectivity index (χ1v) is 9.49. The molecule has 3 rings (SSSR count). The molecule has 0 saturated heterocycles. The van der Waals surface area contributed by atoms with E-state index in [1.165, 1.54) is 11.8 Å². The Morgan fingerprint density at radius 1 is 1.00 bits per heavy atom. The third-order valence-electron chi connectivity index (χ3n) is 4.73. The number of anilines is 1. The molecular weight excluding hydrogens is 384 g/mol. The van der Waals surface area contributed by atoms with Crippen molar-refractivity contribution in [2.24, 2.45) is 0 Å². The Kier molecular flexibility index (Phi) is 6.69. The molecule has 2 aromatic rings. The Bertz CT molecular complexity index is 956. The fourth-order valence-electron chi connectivity index (χ4n) is 3.21. The number of benzene rings is 2. The molecule has 0 fully saturated rings. The van der Waals surface area contributed by atoms with E-state index in [1.807, 2.05) is 30.3 Å². The third kappa shape index (κ3) is 5.16. The average Bonchev–Trinajstić information content (AvgIpc) is 2.76. The monoisotopic (exact) mass is 408 g/mol. The summed E-state index contributed by atoms with van der Waals surface area (Å²) in [4.78, 5) is 37.9. The lowest BCUT2D eigenvalue weighted by Gasteiger charge is -2.32. The van der Waals surface area contributed by atoms with Gasteiger partial charge in [-0.05, 0) is 41.5 Å². The zero-order valence-corrected chi connectivity index (χ0v) is 16.8. The van der Waals surface area contributed by atoms with Gasteiger partial charge >= 0.3 is 0 Å². The number of hydrogen-bond acceptors (Lipinski definition) is 5. The summed E-state index contributed by atoms with van der Waals surface area (Å²) in [7, 11) is 1.58. The van der Waals surface area contributed by atoms with Crippen molar-refractivity contribution in [2.75, 3.05) is 19.0 Å². The fraction of sp³-hybridized carbons (Fsp3) is 0.227. The normalized spacial score (nSPS) is 14.5. The average molecular weight is 408 g/mol. The summed E-state index contributed by atoms with van der Waals surface area (Å²) >= 11 is 0. The standard InChI is InChI=1S/C22H24N4O4/c1-15(27)26-12-11-16-5-3-4-6-19(16)20(26)13-21(28)24-25-22(29)14-23-17-7-9-18(30-2)10-8-17/h3-12,20,23H,13-14H2,1-2H3,(H,24,28)(H,25,29). The minimum atomic E-state index is -0.432. The molecule has 1 unspecified atom stereocenters. The molecule has 2 aromatic carbocycles. The molecule has 0 spiro atoms. The van der Waals surface area contributed by atoms with Crippen LogP contribution in [0.25, 0.3) is 6.08 Å². The first-order chi connectivity index (χ1) is 14.5. The van der Waals surface area contributed by atoms with Crippen molar-refractivity contribution in [1.82, 2.24) is 15.8 Å². The largest absolute Gasteiger partial charge is 0.497 e. The molecule has 0 aliphatic carbocycles. The van der Waals surface area contributed by atoms with Crippen LogP contribution in [0.2, 0.25) is 0 Å². The second-order valence-electron chi connectivity index (χ2n) is 6.77. The van der Waals surface area contributed by atoms with Gasteiger partial charge < -0.3 is 15.0 Å². The zero-order chi connectivity index (χ0) is 21.5. The van der Waals surface area contributed by atoms with Crippen molar-refractivity contribution < 1.29 is 19.1 Å². The lowest BCUT2D eigenvalue weighted by atomic mass is 9.93. The van der Waals surface area contributed by atoms with Gasteiger partial charge in [0.15, 0.2) is 0 Å². The predicted octanol–water partition coefficient (Wildman–Crippen LogP) is 2.22. The summed E-state index contributed by atoms with van der Waals surface area (Å²) in [6.45, 7) is 1.44. The maximum atomic E-state index is 12.4. The van der Waals surface area contributed by atoms with Crippen LogP contribution in [0.4, 0.5) is 5.69 Å². The van der Waals surface area contributed by atoms with Crippen molar-refractivity contribution in [3.05, 3.63) is 65.9 Å². The van der Waals surface area contributed by atoms with Gasteiger partial charge in [0, 0.05) is 18.8 Å². The predicted molar refractivity (Wildman–Crippen MR) is 113 cm³/mol. The van der Waals surface area contributed by atoms with Gasteiger partial charge in [-0.2, -0.15) is 0 Å². The van der Waals surface area contributed by atoms with Crippen molar-refractivity contribution in [2.45, 2.75) is 19.4 Å². The van der Waals surface area contributed by atoms with Crippen LogP contribution in [0.3, 0.4) is 0 Å². The molecule has 8 nitrogen and oxygen atoms in total. The van der Waals surface area contributed by atoms with Gasteiger partial charge in [0.05, 0.1) is 26.1 Å². The summed E-state index contributed by atoms with van der Waals surface area (Å²) < 4.78 is 5.08. The van der Waals surface area contributed by atoms with Crippen LogP contribution in [-0.4, -0.2) is 36.3 Å². The van der Waals surface area contributed by atoms with Crippen molar-refractivity contribution in [3.63, 3.8) is 0 Å². The van der Waals surface area contributed by atoms with Crippen LogP contribution >= 0.6 is 0 Å². The van der Waals surface area contributed by atoms with E-state index in [-0.39, 0.29) is 18.9 Å². The topological polar surface area (TPSA) is 99.8 Å². The maximum absolute atomic E-state index is 12.4. The molecular formula is C22H24N4O4. The molecule has 30 heavy (non-hydrogen) atoms. The van der Waals surface area contributed by atoms with E-state index < -0.39 is 17.9 Å². The molecule has 3 N–H and O–H groups in total. The molecule has 156 valence electrons. The molecule has 1 aliphatic heterocycles. The van der Waals surface area contributed by atoms with Gasteiger partial charge in [0.2, 0.25) is 11.8 Å². The quantitative estimate of drug-likeness (QED) is 0.637. The summed E-state index contributed by atoms with van der Waals surface area (Å²) in [5, 5.41) is 2.95. The second kappa shape index (κ2) is 9.60. The van der Waals surface area contributed by atoms with Crippen LogP contribution in [-0.2, 0) is 14.4 Å². The van der Waals surface area contributed by atoms with E-state index in [9.17, 15) is 14.4 Å². The number of carbonyl (C=O) groups is 3. The molecule has 0 bridgehead atoms. The maximum Gasteiger partial charge on any atom is 0.257 e. The van der Waals surface area contributed by atoms with E-state index in [2.05, 4.69) is 16.2 Å². The van der Waals surface area contributed by atoms with E-state index in [0.29, 0.717) is 0 Å². The van der Waals surface area contributed by atoms with Gasteiger partial charge in [0.25, 0.3) is 5.91 Å². The first-order valence-electron chi connectivity index (χ1n) is 9.49. The Balaban J connectivity index is 1.52. The van der Waals surface area contributed by atoms with Gasteiger partial charge in [-0.15, -0.1) is 0 Å². The lowest BCUT2D eigenvalue weighted by Crippen LogP contribution is -2.45. The number of nitrogens with zero attached hydrogens (tertiary/aromatic N) is 1. The highest BCUT2D eigenvalue weighted by Crippen LogP contribution is 2.32. The van der Waals surface area contributed by atoms with Crippen molar-refractivity contribution >= 4 is 29.5 Å². The highest BCUT2D eigenvalue weighted by atomic mass is 16.5. The van der Waals surface area contributed by atoms with Gasteiger partial charge in [-0.1, -0.05) is 24.3 Å². The highest BCUT2D eigenvalue weighted by molar-refractivity contribution is 5.85. The molecule has 0 radical (unpaired) electrons. The molecule has 0 aromatic heterocycles. The van der Waals surface area contributed by atoms with Gasteiger partial charge in [-0.25, -0.2) is 0 Å². The third-order valence-corrected chi connectivity index (χ3v) is 4.73. The fourth-order valence-corrected chi connectivity index (χ4v) is 3.21. The molecule has 1 aliphatic rings. The highest BCUT2D eigenvalue weighted by Gasteiger charge is 2.28. The number of amides is 3. The smallest absolute Gasteiger partial charge is 0.257 e. The van der Waals surface area contributed by atoms with E-state index >= 15 is 0 Å². The summed E-state index contributed by atoms with van der Waals surface area (Å²) in [5.74, 6) is -0.233. The SMILES string of the molecule is COc1ccc(NCC(=O)NNC(=O)CC2c3ccccc3C=CN2C(C)=O)cc1. The second-order valence-corrected chi connectivity index (χ2v) is 6.77. The van der Waals surface area contributed by atoms with Gasteiger partial charge in [0.1, 0.15) is 5.75 Å². The number of nitrogens with one attached hydrogen (secondary N) is 3. The van der Waals surface area contributed by atoms with Crippen LogP contribution < -0.4 is 20.9 Å². The molecule has 1 heterocycles. The molecule has 1 atom stereocenters. The Morgan fingerprint density at radius 2 is 1.70 bits per heavy atom. The molecule has 0 saturated carbocycles. The van der Waals surface area contributed by atoms with E-state index in [0.717, 1.165) is 22.6 Å². The Morgan fingerprint density at radius 3 is 2.40 bits per heavy atom. The van der Waals surface area contributed by atoms with Crippen molar-refractivity contribution in [1.29, 1.82) is 0 Å². The molecule has 3 amide bonds. The number of hydrogen-bond donors (Lipinski definition) is 3. The lowest BCUT2D eigenvalue weighted by molar-refractivity contribution is -0.132. The summed E-state index contributed by atoms with van der Waals surface area (Å²) in [5.41, 5.74) is 7.40. The van der Waals surface area contributed by atoms with Gasteiger partial charge in [-0.3, -0.25) is 25.2 Å². The number of carbonyl (C=O) groups excluding carboxylic acids is 3. The number of rotatable bonds is 6. The van der Waals surface area contributed by atoms with E-state index in [4.69, 9.17) is 4.74 Å². The van der Waals surface area contributed by atoms with E-state index in [1.54, 1.807) is 37.6 Å². The number of ether oxygens (including phenoxy) is 1. The minimum Gasteiger partial charge on any atom is -0.497 e. The van der Waals surface area contributed by atoms with Crippen LogP contribution in [0.1, 0.15) is 30.5 Å². The van der Waals surface area contributed by atoms with Crippen molar-refractivity contribution in [3.8, 4) is 5.75 Å². The zero-order valence-electron chi connectivity index (χ0n) is 16.8. The number of fused-ring (bicyclic) bond motifs is 1. The van der Waals surface area contributed by atoms with Crippen LogP contribution in [0.5, 0.6) is 5.75 Å². The summed E-state index contributed by atoms with van der Waals surface area (Å²) in [6.07, 6.45) is 3.55. The minimum absolute atomic E-state index is 0.0127. The van der Waals surface area contributed by atoms with Crippen LogP contribution in [0, 0.1) is 0 Å². The summed E-state index contributed by atoms with van der Waals surface area (Å²) in [6, 6.07) is 14.3. The Labute approximate surface area is 174 Å².